The Morgan fingerprint density at radius 2 is 2.21 bits per heavy atom. The van der Waals surface area contributed by atoms with Gasteiger partial charge in [-0.15, -0.1) is 0 Å². The fourth-order valence-corrected chi connectivity index (χ4v) is 3.99. The van der Waals surface area contributed by atoms with Gasteiger partial charge in [0.15, 0.2) is 5.16 Å². The van der Waals surface area contributed by atoms with E-state index in [2.05, 4.69) is 34.1 Å². The molecule has 0 bridgehead atoms. The number of imidazole rings is 1. The number of aromatic nitrogens is 2. The average molecular weight is 345 g/mol. The number of ether oxygens (including phenoxy) is 1. The molecule has 24 heavy (non-hydrogen) atoms. The number of rotatable bonds is 7. The van der Waals surface area contributed by atoms with Crippen molar-refractivity contribution in [1.82, 2.24) is 14.9 Å². The van der Waals surface area contributed by atoms with E-state index in [4.69, 9.17) is 4.74 Å². The number of fused-ring (bicyclic) bond motifs is 1. The van der Waals surface area contributed by atoms with Gasteiger partial charge in [-0.05, 0) is 30.5 Å². The van der Waals surface area contributed by atoms with Gasteiger partial charge < -0.3 is 14.6 Å². The van der Waals surface area contributed by atoms with Crippen LogP contribution in [0.2, 0.25) is 0 Å². The third kappa shape index (κ3) is 3.76. The smallest absolute Gasteiger partial charge is 0.197 e. The maximum Gasteiger partial charge on any atom is 0.197 e. The summed E-state index contributed by atoms with van der Waals surface area (Å²) >= 11 is 0. The topological polar surface area (TPSA) is 58.2 Å². The molecule has 1 heterocycles. The van der Waals surface area contributed by atoms with Crippen molar-refractivity contribution in [1.29, 1.82) is 0 Å². The fourth-order valence-electron chi connectivity index (χ4n) is 2.88. The summed E-state index contributed by atoms with van der Waals surface area (Å²) in [6, 6.07) is 7.76. The summed E-state index contributed by atoms with van der Waals surface area (Å²) in [5.74, 6) is 0.475. The van der Waals surface area contributed by atoms with Gasteiger partial charge in [0.05, 0.1) is 34.2 Å². The van der Waals surface area contributed by atoms with Crippen molar-refractivity contribution in [2.45, 2.75) is 18.0 Å². The molecule has 0 saturated heterocycles. The number of likely N-dealkylation sites (N-methyl/N-ethyl adjacent to an activating group) is 1. The summed E-state index contributed by atoms with van der Waals surface area (Å²) in [6.07, 6.45) is 6.25. The second kappa shape index (κ2) is 7.77. The summed E-state index contributed by atoms with van der Waals surface area (Å²) in [5, 5.41) is 0.543. The van der Waals surface area contributed by atoms with E-state index in [0.717, 1.165) is 36.0 Å². The van der Waals surface area contributed by atoms with E-state index < -0.39 is 10.8 Å². The number of allylic oxidation sites excluding steroid dienone is 3. The molecule has 5 nitrogen and oxygen atoms in total. The highest BCUT2D eigenvalue weighted by atomic mass is 32.2. The lowest BCUT2D eigenvalue weighted by Crippen LogP contribution is -2.25. The number of para-hydroxylation sites is 2. The van der Waals surface area contributed by atoms with Crippen molar-refractivity contribution in [3.8, 4) is 0 Å². The highest BCUT2D eigenvalue weighted by molar-refractivity contribution is 7.85. The minimum atomic E-state index is -1.19. The Labute approximate surface area is 144 Å². The zero-order chi connectivity index (χ0) is 16.9. The number of hydrogen-bond acceptors (Lipinski definition) is 4. The molecule has 1 aliphatic rings. The van der Waals surface area contributed by atoms with Crippen LogP contribution in [0.3, 0.4) is 0 Å². The van der Waals surface area contributed by atoms with E-state index in [0.29, 0.717) is 17.5 Å². The van der Waals surface area contributed by atoms with Gasteiger partial charge in [-0.3, -0.25) is 4.21 Å². The molecule has 0 amide bonds. The third-order valence-corrected chi connectivity index (χ3v) is 5.40. The van der Waals surface area contributed by atoms with E-state index in [1.807, 2.05) is 24.3 Å². The molecule has 2 aromatic rings. The minimum Gasteiger partial charge on any atom is -0.383 e. The molecule has 0 radical (unpaired) electrons. The highest BCUT2D eigenvalue weighted by Gasteiger charge is 2.17. The molecule has 1 aromatic carbocycles. The van der Waals surface area contributed by atoms with Crippen LogP contribution in [0.15, 0.2) is 52.8 Å². The lowest BCUT2D eigenvalue weighted by Gasteiger charge is -2.26. The van der Waals surface area contributed by atoms with E-state index >= 15 is 0 Å². The van der Waals surface area contributed by atoms with E-state index in [1.54, 1.807) is 7.11 Å². The van der Waals surface area contributed by atoms with Crippen LogP contribution in [-0.2, 0) is 15.5 Å². The first-order valence-corrected chi connectivity index (χ1v) is 9.42. The van der Waals surface area contributed by atoms with Gasteiger partial charge in [0.25, 0.3) is 0 Å². The summed E-state index contributed by atoms with van der Waals surface area (Å²) < 4.78 is 17.9. The minimum absolute atomic E-state index is 0.475. The number of methoxy groups -OCH3 is 1. The van der Waals surface area contributed by atoms with Gasteiger partial charge in [0, 0.05) is 26.4 Å². The molecular formula is C18H23N3O2S. The predicted molar refractivity (Wildman–Crippen MR) is 97.3 cm³/mol. The van der Waals surface area contributed by atoms with Crippen LogP contribution in [-0.4, -0.2) is 52.1 Å². The van der Waals surface area contributed by atoms with Crippen LogP contribution in [0, 0.1) is 0 Å². The van der Waals surface area contributed by atoms with Crippen molar-refractivity contribution >= 4 is 21.8 Å². The van der Waals surface area contributed by atoms with E-state index in [-0.39, 0.29) is 0 Å². The number of benzene rings is 1. The monoisotopic (exact) mass is 345 g/mol. The van der Waals surface area contributed by atoms with Crippen molar-refractivity contribution in [3.63, 3.8) is 0 Å². The SMILES string of the molecule is COCCN(C)C1=C(CS(=O)c2nc3ccccc3[nH]2)C=CCC1. The molecule has 128 valence electrons. The molecule has 3 rings (SSSR count). The van der Waals surface area contributed by atoms with Crippen molar-refractivity contribution in [2.75, 3.05) is 33.1 Å². The van der Waals surface area contributed by atoms with Crippen LogP contribution < -0.4 is 0 Å². The second-order valence-corrected chi connectivity index (χ2v) is 7.24. The Balaban J connectivity index is 1.80. The largest absolute Gasteiger partial charge is 0.383 e. The Hall–Kier alpha value is -1.92. The molecule has 1 N–H and O–H groups in total. The summed E-state index contributed by atoms with van der Waals surface area (Å²) in [7, 11) is 2.59. The van der Waals surface area contributed by atoms with E-state index in [9.17, 15) is 4.21 Å². The van der Waals surface area contributed by atoms with E-state index in [1.165, 1.54) is 5.70 Å². The molecule has 0 fully saturated rings. The molecule has 1 atom stereocenters. The molecule has 1 aliphatic carbocycles. The third-order valence-electron chi connectivity index (χ3n) is 4.20. The molecule has 1 unspecified atom stereocenters. The molecule has 1 aromatic heterocycles. The quantitative estimate of drug-likeness (QED) is 0.838. The van der Waals surface area contributed by atoms with Gasteiger partial charge in [-0.25, -0.2) is 4.98 Å². The van der Waals surface area contributed by atoms with Gasteiger partial charge >= 0.3 is 0 Å². The van der Waals surface area contributed by atoms with Crippen molar-refractivity contribution < 1.29 is 8.95 Å². The number of nitrogens with zero attached hydrogens (tertiary/aromatic N) is 2. The van der Waals surface area contributed by atoms with Crippen LogP contribution in [0.25, 0.3) is 11.0 Å². The maximum atomic E-state index is 12.8. The predicted octanol–water partition coefficient (Wildman–Crippen LogP) is 2.85. The molecular weight excluding hydrogens is 322 g/mol. The summed E-state index contributed by atoms with van der Waals surface area (Å²) in [6.45, 7) is 1.52. The van der Waals surface area contributed by atoms with Crippen molar-refractivity contribution in [3.05, 3.63) is 47.7 Å². The average Bonchev–Trinajstić information content (AvgIpc) is 3.04. The second-order valence-electron chi connectivity index (χ2n) is 5.88. The van der Waals surface area contributed by atoms with Crippen LogP contribution in [0.5, 0.6) is 0 Å². The van der Waals surface area contributed by atoms with Crippen LogP contribution >= 0.6 is 0 Å². The fraction of sp³-hybridized carbons (Fsp3) is 0.389. The Bertz CT molecular complexity index is 761. The van der Waals surface area contributed by atoms with Gasteiger partial charge in [-0.1, -0.05) is 24.3 Å². The molecule has 6 heteroatoms. The van der Waals surface area contributed by atoms with Gasteiger partial charge in [0.2, 0.25) is 0 Å². The lowest BCUT2D eigenvalue weighted by molar-refractivity contribution is 0.172. The number of hydrogen-bond donors (Lipinski definition) is 1. The summed E-state index contributed by atoms with van der Waals surface area (Å²) in [4.78, 5) is 9.84. The van der Waals surface area contributed by atoms with Crippen LogP contribution in [0.4, 0.5) is 0 Å². The Morgan fingerprint density at radius 1 is 1.38 bits per heavy atom. The first-order valence-electron chi connectivity index (χ1n) is 8.11. The first-order chi connectivity index (χ1) is 11.7. The first kappa shape index (κ1) is 16.9. The summed E-state index contributed by atoms with van der Waals surface area (Å²) in [5.41, 5.74) is 4.15. The number of aromatic amines is 1. The zero-order valence-electron chi connectivity index (χ0n) is 14.1. The van der Waals surface area contributed by atoms with Crippen molar-refractivity contribution in [2.24, 2.45) is 0 Å². The highest BCUT2D eigenvalue weighted by Crippen LogP contribution is 2.23. The van der Waals surface area contributed by atoms with Gasteiger partial charge in [-0.2, -0.15) is 0 Å². The normalized spacial score (nSPS) is 15.9. The van der Waals surface area contributed by atoms with Crippen LogP contribution in [0.1, 0.15) is 12.8 Å². The Morgan fingerprint density at radius 3 is 3.00 bits per heavy atom. The zero-order valence-corrected chi connectivity index (χ0v) is 14.9. The van der Waals surface area contributed by atoms with Gasteiger partial charge in [0.1, 0.15) is 0 Å². The standard InChI is InChI=1S/C18H23N3O2S/c1-21(11-12-23-2)17-10-6-3-7-14(17)13-24(22)18-19-15-8-4-5-9-16(15)20-18/h3-5,7-9H,6,10-13H2,1-2H3,(H,19,20). The molecule has 0 aliphatic heterocycles. The number of nitrogens with one attached hydrogen (secondary N) is 1. The maximum absolute atomic E-state index is 12.8. The number of H-pyrrole nitrogens is 1. The molecule has 0 spiro atoms. The molecule has 0 saturated carbocycles. The lowest BCUT2D eigenvalue weighted by atomic mass is 10.0. The Kier molecular flexibility index (Phi) is 5.48.